The van der Waals surface area contributed by atoms with Crippen molar-refractivity contribution >= 4 is 35.0 Å². The number of hydrogen-bond donors (Lipinski definition) is 2. The molecule has 0 bridgehead atoms. The molecule has 3 rings (SSSR count). The van der Waals surface area contributed by atoms with E-state index in [1.165, 1.54) is 19.1 Å². The van der Waals surface area contributed by atoms with Crippen molar-refractivity contribution in [3.8, 4) is 11.5 Å². The highest BCUT2D eigenvalue weighted by atomic mass is 35.5. The Morgan fingerprint density at radius 3 is 2.26 bits per heavy atom. The van der Waals surface area contributed by atoms with Gasteiger partial charge in [-0.25, -0.2) is 0 Å². The van der Waals surface area contributed by atoms with E-state index in [1.807, 2.05) is 0 Å². The van der Waals surface area contributed by atoms with E-state index in [2.05, 4.69) is 0 Å². The van der Waals surface area contributed by atoms with E-state index in [0.29, 0.717) is 46.9 Å². The number of Topliss-reactive ketones (excluding diaryl/α,β-unsaturated/α-hetero) is 1. The van der Waals surface area contributed by atoms with Crippen LogP contribution in [0.25, 0.3) is 5.76 Å². The number of ether oxygens (including phenoxy) is 2. The summed E-state index contributed by atoms with van der Waals surface area (Å²) in [5, 5.41) is 20.4. The summed E-state index contributed by atoms with van der Waals surface area (Å²) >= 11 is 5.95. The molecule has 1 aliphatic heterocycles. The Labute approximate surface area is 202 Å². The fourth-order valence-corrected chi connectivity index (χ4v) is 4.10. The molecule has 1 unspecified atom stereocenters. The molecule has 1 aliphatic rings. The number of aliphatic hydroxyl groups is 1. The fourth-order valence-electron chi connectivity index (χ4n) is 3.98. The third-order valence-corrected chi connectivity index (χ3v) is 5.92. The van der Waals surface area contributed by atoms with Gasteiger partial charge in [0.05, 0.1) is 25.8 Å². The van der Waals surface area contributed by atoms with Crippen LogP contribution < -0.4 is 9.47 Å². The maximum absolute atomic E-state index is 13.1. The summed E-state index contributed by atoms with van der Waals surface area (Å²) in [4.78, 5) is 38.2. The Morgan fingerprint density at radius 2 is 1.65 bits per heavy atom. The molecule has 2 N–H and O–H groups in total. The van der Waals surface area contributed by atoms with Gasteiger partial charge in [0.25, 0.3) is 11.7 Å². The number of rotatable bonds is 10. The van der Waals surface area contributed by atoms with Crippen molar-refractivity contribution in [3.63, 3.8) is 0 Å². The number of benzene rings is 2. The number of unbranched alkanes of at least 4 members (excludes halogenated alkanes) is 2. The zero-order valence-electron chi connectivity index (χ0n) is 18.9. The molecule has 2 aromatic rings. The van der Waals surface area contributed by atoms with Crippen molar-refractivity contribution < 1.29 is 34.1 Å². The first-order valence-electron chi connectivity index (χ1n) is 10.8. The van der Waals surface area contributed by atoms with Gasteiger partial charge in [0, 0.05) is 23.6 Å². The Bertz CT molecular complexity index is 1110. The third-order valence-electron chi connectivity index (χ3n) is 5.67. The molecule has 2 aromatic carbocycles. The summed E-state index contributed by atoms with van der Waals surface area (Å²) in [5.41, 5.74) is 0.886. The number of carbonyl (C=O) groups is 3. The van der Waals surface area contributed by atoms with Gasteiger partial charge in [-0.05, 0) is 54.8 Å². The van der Waals surface area contributed by atoms with E-state index in [9.17, 15) is 19.5 Å². The number of aliphatic carboxylic acids is 1. The molecule has 1 amide bonds. The number of ketones is 1. The first-order chi connectivity index (χ1) is 16.3. The number of halogens is 1. The Balaban J connectivity index is 2.04. The van der Waals surface area contributed by atoms with Gasteiger partial charge < -0.3 is 24.6 Å². The minimum absolute atomic E-state index is 0.0362. The summed E-state index contributed by atoms with van der Waals surface area (Å²) in [7, 11) is 2.98. The summed E-state index contributed by atoms with van der Waals surface area (Å²) < 4.78 is 10.7. The number of amides is 1. The van der Waals surface area contributed by atoms with E-state index in [4.69, 9.17) is 26.2 Å². The number of hydrogen-bond acceptors (Lipinski definition) is 6. The molecule has 1 atom stereocenters. The van der Waals surface area contributed by atoms with Gasteiger partial charge in [0.2, 0.25) is 0 Å². The Hall–Kier alpha value is -3.52. The van der Waals surface area contributed by atoms with Crippen LogP contribution in [-0.2, 0) is 14.4 Å². The highest BCUT2D eigenvalue weighted by molar-refractivity contribution is 6.46. The predicted molar refractivity (Wildman–Crippen MR) is 126 cm³/mol. The van der Waals surface area contributed by atoms with Gasteiger partial charge in [-0.2, -0.15) is 0 Å². The topological polar surface area (TPSA) is 113 Å². The van der Waals surface area contributed by atoms with Crippen molar-refractivity contribution in [2.75, 3.05) is 20.8 Å². The lowest BCUT2D eigenvalue weighted by Gasteiger charge is -2.26. The number of carboxylic acid groups (broad SMARTS) is 1. The van der Waals surface area contributed by atoms with Crippen LogP contribution in [0.2, 0.25) is 5.02 Å². The van der Waals surface area contributed by atoms with E-state index in [-0.39, 0.29) is 24.3 Å². The number of methoxy groups -OCH3 is 2. The summed E-state index contributed by atoms with van der Waals surface area (Å²) in [6.45, 7) is 0.223. The lowest BCUT2D eigenvalue weighted by Crippen LogP contribution is -2.30. The van der Waals surface area contributed by atoms with Gasteiger partial charge in [0.15, 0.2) is 11.5 Å². The first-order valence-corrected chi connectivity index (χ1v) is 11.1. The van der Waals surface area contributed by atoms with Crippen LogP contribution in [0.4, 0.5) is 0 Å². The van der Waals surface area contributed by atoms with E-state index in [0.717, 1.165) is 0 Å². The number of carboxylic acids is 1. The molecule has 34 heavy (non-hydrogen) atoms. The molecule has 9 heteroatoms. The average molecular weight is 488 g/mol. The standard InChI is InChI=1S/C25H26ClNO7/c1-33-18-12-9-16(14-19(18)34-2)22-21(23(30)15-7-10-17(26)11-8-15)24(31)25(32)27(22)13-5-3-4-6-20(28)29/h7-12,14,22,30H,3-6,13H2,1-2H3,(H,28,29). The van der Waals surface area contributed by atoms with Crippen molar-refractivity contribution in [1.29, 1.82) is 0 Å². The van der Waals surface area contributed by atoms with Crippen LogP contribution in [0.15, 0.2) is 48.0 Å². The van der Waals surface area contributed by atoms with Gasteiger partial charge in [-0.1, -0.05) is 24.1 Å². The van der Waals surface area contributed by atoms with Crippen molar-refractivity contribution in [2.45, 2.75) is 31.7 Å². The second-order valence-electron chi connectivity index (χ2n) is 7.82. The maximum atomic E-state index is 13.1. The fraction of sp³-hybridized carbons (Fsp3) is 0.320. The highest BCUT2D eigenvalue weighted by Gasteiger charge is 2.46. The normalized spacial score (nSPS) is 17.1. The third kappa shape index (κ3) is 5.34. The molecule has 1 saturated heterocycles. The second-order valence-corrected chi connectivity index (χ2v) is 8.25. The van der Waals surface area contributed by atoms with Crippen LogP contribution in [0.1, 0.15) is 42.9 Å². The van der Waals surface area contributed by atoms with E-state index in [1.54, 1.807) is 42.5 Å². The number of likely N-dealkylation sites (tertiary alicyclic amines) is 1. The highest BCUT2D eigenvalue weighted by Crippen LogP contribution is 2.42. The molecule has 0 aliphatic carbocycles. The van der Waals surface area contributed by atoms with Crippen molar-refractivity contribution in [1.82, 2.24) is 4.90 Å². The molecular weight excluding hydrogens is 462 g/mol. The second kappa shape index (κ2) is 11.1. The monoisotopic (exact) mass is 487 g/mol. The van der Waals surface area contributed by atoms with Crippen LogP contribution >= 0.6 is 11.6 Å². The number of carbonyl (C=O) groups excluding carboxylic acids is 2. The lowest BCUT2D eigenvalue weighted by atomic mass is 9.95. The Morgan fingerprint density at radius 1 is 0.971 bits per heavy atom. The molecule has 1 heterocycles. The summed E-state index contributed by atoms with van der Waals surface area (Å²) in [6, 6.07) is 10.5. The number of aliphatic hydroxyl groups excluding tert-OH is 1. The molecule has 0 aromatic heterocycles. The number of nitrogens with zero attached hydrogens (tertiary/aromatic N) is 1. The van der Waals surface area contributed by atoms with Crippen LogP contribution in [0, 0.1) is 0 Å². The maximum Gasteiger partial charge on any atom is 0.303 e. The van der Waals surface area contributed by atoms with Crippen LogP contribution in [0.3, 0.4) is 0 Å². The van der Waals surface area contributed by atoms with E-state index >= 15 is 0 Å². The van der Waals surface area contributed by atoms with Gasteiger partial charge in [0.1, 0.15) is 5.76 Å². The smallest absolute Gasteiger partial charge is 0.303 e. The van der Waals surface area contributed by atoms with Crippen LogP contribution in [-0.4, -0.2) is 53.5 Å². The minimum Gasteiger partial charge on any atom is -0.507 e. The van der Waals surface area contributed by atoms with Crippen LogP contribution in [0.5, 0.6) is 11.5 Å². The van der Waals surface area contributed by atoms with Gasteiger partial charge in [-0.3, -0.25) is 14.4 Å². The molecule has 0 radical (unpaired) electrons. The van der Waals surface area contributed by atoms with Gasteiger partial charge >= 0.3 is 5.97 Å². The SMILES string of the molecule is COc1ccc(C2C(=C(O)c3ccc(Cl)cc3)C(=O)C(=O)N2CCCCCC(=O)O)cc1OC. The summed E-state index contributed by atoms with van der Waals surface area (Å²) in [6.07, 6.45) is 1.58. The molecule has 1 fully saturated rings. The quantitative estimate of drug-likeness (QED) is 0.220. The summed E-state index contributed by atoms with van der Waals surface area (Å²) in [5.74, 6) is -1.81. The molecule has 0 saturated carbocycles. The lowest BCUT2D eigenvalue weighted by molar-refractivity contribution is -0.140. The van der Waals surface area contributed by atoms with Gasteiger partial charge in [-0.15, -0.1) is 0 Å². The van der Waals surface area contributed by atoms with Crippen molar-refractivity contribution in [2.24, 2.45) is 0 Å². The zero-order valence-corrected chi connectivity index (χ0v) is 19.7. The Kier molecular flexibility index (Phi) is 8.17. The molecule has 8 nitrogen and oxygen atoms in total. The average Bonchev–Trinajstić information content (AvgIpc) is 3.08. The largest absolute Gasteiger partial charge is 0.507 e. The minimum atomic E-state index is -0.881. The zero-order chi connectivity index (χ0) is 24.8. The molecular formula is C25H26ClNO7. The van der Waals surface area contributed by atoms with Crippen molar-refractivity contribution in [3.05, 3.63) is 64.2 Å². The predicted octanol–water partition coefficient (Wildman–Crippen LogP) is 4.42. The molecule has 0 spiro atoms. The molecule has 180 valence electrons. The first kappa shape index (κ1) is 25.1. The van der Waals surface area contributed by atoms with E-state index < -0.39 is 23.7 Å².